The maximum atomic E-state index is 10.2. The fourth-order valence-electron chi connectivity index (χ4n) is 2.68. The van der Waals surface area contributed by atoms with E-state index in [2.05, 4.69) is 15.0 Å². The second kappa shape index (κ2) is 5.40. The lowest BCUT2D eigenvalue weighted by molar-refractivity contribution is 0.112. The van der Waals surface area contributed by atoms with Gasteiger partial charge in [0, 0.05) is 37.4 Å². The molecule has 19 heavy (non-hydrogen) atoms. The van der Waals surface area contributed by atoms with Crippen LogP contribution < -0.4 is 0 Å². The van der Waals surface area contributed by atoms with E-state index < -0.39 is 0 Å². The van der Waals surface area contributed by atoms with Gasteiger partial charge in [-0.1, -0.05) is 0 Å². The summed E-state index contributed by atoms with van der Waals surface area (Å²) in [6.45, 7) is 1.77. The fraction of sp³-hybridized carbons (Fsp3) is 0.538. The number of thiazole rings is 1. The van der Waals surface area contributed by atoms with E-state index >= 15 is 0 Å². The van der Waals surface area contributed by atoms with E-state index in [1.54, 1.807) is 11.3 Å². The molecule has 0 spiro atoms. The van der Waals surface area contributed by atoms with Gasteiger partial charge in [-0.25, -0.2) is 4.98 Å². The molecule has 2 aromatic rings. The summed E-state index contributed by atoms with van der Waals surface area (Å²) < 4.78 is 1.81. The molecule has 6 heteroatoms. The van der Waals surface area contributed by atoms with Crippen LogP contribution in [0.1, 0.15) is 17.0 Å². The molecule has 3 rings (SSSR count). The largest absolute Gasteiger partial charge is 0.391 e. The molecule has 0 saturated carbocycles. The summed E-state index contributed by atoms with van der Waals surface area (Å²) >= 11 is 1.67. The van der Waals surface area contributed by atoms with Crippen LogP contribution in [-0.2, 0) is 20.0 Å². The van der Waals surface area contributed by atoms with E-state index in [4.69, 9.17) is 0 Å². The molecule has 1 saturated heterocycles. The Balaban J connectivity index is 1.69. The Morgan fingerprint density at radius 2 is 2.42 bits per heavy atom. The third-order valence-electron chi connectivity index (χ3n) is 3.65. The van der Waals surface area contributed by atoms with Crippen molar-refractivity contribution in [2.75, 3.05) is 6.54 Å². The summed E-state index contributed by atoms with van der Waals surface area (Å²) in [6, 6.07) is 0.174. The molecule has 1 aliphatic rings. The zero-order chi connectivity index (χ0) is 13.2. The average molecular weight is 278 g/mol. The van der Waals surface area contributed by atoms with E-state index in [1.807, 2.05) is 35.7 Å². The van der Waals surface area contributed by atoms with Crippen LogP contribution in [0.4, 0.5) is 0 Å². The van der Waals surface area contributed by atoms with E-state index in [9.17, 15) is 5.11 Å². The van der Waals surface area contributed by atoms with Crippen molar-refractivity contribution >= 4 is 11.3 Å². The quantitative estimate of drug-likeness (QED) is 0.908. The lowest BCUT2D eigenvalue weighted by Crippen LogP contribution is -2.36. The van der Waals surface area contributed by atoms with Gasteiger partial charge in [0.15, 0.2) is 0 Å². The molecule has 2 aromatic heterocycles. The van der Waals surface area contributed by atoms with Crippen LogP contribution in [0, 0.1) is 0 Å². The van der Waals surface area contributed by atoms with Gasteiger partial charge in [-0.15, -0.1) is 11.3 Å². The van der Waals surface area contributed by atoms with Crippen LogP contribution in [-0.4, -0.2) is 43.5 Å². The summed E-state index contributed by atoms with van der Waals surface area (Å²) in [5, 5.41) is 17.5. The smallest absolute Gasteiger partial charge is 0.107 e. The van der Waals surface area contributed by atoms with Crippen LogP contribution in [0.15, 0.2) is 24.0 Å². The highest BCUT2D eigenvalue weighted by atomic mass is 32.1. The molecule has 3 heterocycles. The molecule has 1 fully saturated rings. The van der Waals surface area contributed by atoms with Crippen molar-refractivity contribution in [2.24, 2.45) is 7.05 Å². The Morgan fingerprint density at radius 3 is 3.11 bits per heavy atom. The van der Waals surface area contributed by atoms with Gasteiger partial charge < -0.3 is 5.11 Å². The van der Waals surface area contributed by atoms with Gasteiger partial charge in [-0.05, 0) is 18.4 Å². The second-order valence-electron chi connectivity index (χ2n) is 5.05. The fourth-order valence-corrected chi connectivity index (χ4v) is 3.33. The van der Waals surface area contributed by atoms with Crippen molar-refractivity contribution in [3.8, 4) is 0 Å². The van der Waals surface area contributed by atoms with E-state index in [0.717, 1.165) is 30.9 Å². The predicted octanol–water partition coefficient (Wildman–Crippen LogP) is 1.05. The van der Waals surface area contributed by atoms with Crippen molar-refractivity contribution in [2.45, 2.75) is 31.5 Å². The van der Waals surface area contributed by atoms with Gasteiger partial charge >= 0.3 is 0 Å². The lowest BCUT2D eigenvalue weighted by Gasteiger charge is -2.24. The zero-order valence-corrected chi connectivity index (χ0v) is 11.8. The molecule has 0 aromatic carbocycles. The number of aliphatic hydroxyl groups is 1. The monoisotopic (exact) mass is 278 g/mol. The molecular formula is C13H18N4OS. The van der Waals surface area contributed by atoms with E-state index in [1.165, 1.54) is 5.56 Å². The molecule has 0 radical (unpaired) electrons. The molecule has 2 atom stereocenters. The van der Waals surface area contributed by atoms with Gasteiger partial charge in [-0.3, -0.25) is 9.58 Å². The first-order valence-electron chi connectivity index (χ1n) is 6.50. The normalized spacial score (nSPS) is 24.1. The number of aryl methyl sites for hydroxylation is 1. The summed E-state index contributed by atoms with van der Waals surface area (Å²) in [5.74, 6) is 0. The minimum atomic E-state index is -0.250. The first kappa shape index (κ1) is 12.8. The second-order valence-corrected chi connectivity index (χ2v) is 6.03. The summed E-state index contributed by atoms with van der Waals surface area (Å²) in [4.78, 5) is 6.66. The molecule has 1 aliphatic heterocycles. The molecule has 5 nitrogen and oxygen atoms in total. The molecule has 0 amide bonds. The Bertz CT molecular complexity index is 524. The Kier molecular flexibility index (Phi) is 3.63. The molecule has 102 valence electrons. The van der Waals surface area contributed by atoms with Gasteiger partial charge in [0.05, 0.1) is 18.8 Å². The third-order valence-corrected chi connectivity index (χ3v) is 4.41. The summed E-state index contributed by atoms with van der Waals surface area (Å²) in [6.07, 6.45) is 7.18. The number of aromatic nitrogens is 3. The SMILES string of the molecule is Cn1cc(C[C@H]2[C@H](O)CCN2Cc2nccs2)cn1. The standard InChI is InChI=1S/C13H18N4OS/c1-16-8-10(7-15-16)6-11-12(18)2-4-17(11)9-13-14-3-5-19-13/h3,5,7-8,11-12,18H,2,4,6,9H2,1H3/t11-,12+/m0/s1. The number of nitrogens with zero attached hydrogens (tertiary/aromatic N) is 4. The summed E-state index contributed by atoms with van der Waals surface area (Å²) in [5.41, 5.74) is 1.18. The Labute approximate surface area is 116 Å². The molecule has 0 aliphatic carbocycles. The molecule has 0 unspecified atom stereocenters. The maximum absolute atomic E-state index is 10.2. The molecule has 1 N–H and O–H groups in total. The first-order valence-corrected chi connectivity index (χ1v) is 7.38. The van der Waals surface area contributed by atoms with Crippen LogP contribution in [0.3, 0.4) is 0 Å². The minimum Gasteiger partial charge on any atom is -0.391 e. The van der Waals surface area contributed by atoms with Gasteiger partial charge in [0.25, 0.3) is 0 Å². The molecule has 0 bridgehead atoms. The van der Waals surface area contributed by atoms with E-state index in [0.29, 0.717) is 0 Å². The zero-order valence-electron chi connectivity index (χ0n) is 10.9. The number of aliphatic hydroxyl groups excluding tert-OH is 1. The van der Waals surface area contributed by atoms with Crippen LogP contribution >= 0.6 is 11.3 Å². The number of likely N-dealkylation sites (tertiary alicyclic amines) is 1. The molecular weight excluding hydrogens is 260 g/mol. The highest BCUT2D eigenvalue weighted by Crippen LogP contribution is 2.24. The van der Waals surface area contributed by atoms with Crippen LogP contribution in [0.2, 0.25) is 0 Å². The number of hydrogen-bond donors (Lipinski definition) is 1. The Hall–Kier alpha value is -1.24. The lowest BCUT2D eigenvalue weighted by atomic mass is 10.0. The highest BCUT2D eigenvalue weighted by molar-refractivity contribution is 7.09. The average Bonchev–Trinajstić information content (AvgIpc) is 3.08. The van der Waals surface area contributed by atoms with Crippen molar-refractivity contribution in [3.63, 3.8) is 0 Å². The van der Waals surface area contributed by atoms with Crippen molar-refractivity contribution in [1.82, 2.24) is 19.7 Å². The van der Waals surface area contributed by atoms with Crippen LogP contribution in [0.5, 0.6) is 0 Å². The number of rotatable bonds is 4. The van der Waals surface area contributed by atoms with Crippen molar-refractivity contribution < 1.29 is 5.11 Å². The maximum Gasteiger partial charge on any atom is 0.107 e. The topological polar surface area (TPSA) is 54.2 Å². The summed E-state index contributed by atoms with van der Waals surface area (Å²) in [7, 11) is 1.92. The van der Waals surface area contributed by atoms with Gasteiger partial charge in [0.1, 0.15) is 5.01 Å². The minimum absolute atomic E-state index is 0.174. The Morgan fingerprint density at radius 1 is 1.53 bits per heavy atom. The van der Waals surface area contributed by atoms with E-state index in [-0.39, 0.29) is 12.1 Å². The number of hydrogen-bond acceptors (Lipinski definition) is 5. The van der Waals surface area contributed by atoms with Crippen molar-refractivity contribution in [1.29, 1.82) is 0 Å². The highest BCUT2D eigenvalue weighted by Gasteiger charge is 2.33. The third kappa shape index (κ3) is 2.86. The predicted molar refractivity (Wildman–Crippen MR) is 73.8 cm³/mol. The van der Waals surface area contributed by atoms with Gasteiger partial charge in [0.2, 0.25) is 0 Å². The van der Waals surface area contributed by atoms with Crippen molar-refractivity contribution in [3.05, 3.63) is 34.5 Å². The first-order chi connectivity index (χ1) is 9.22. The van der Waals surface area contributed by atoms with Gasteiger partial charge in [-0.2, -0.15) is 5.10 Å². The van der Waals surface area contributed by atoms with Crippen LogP contribution in [0.25, 0.3) is 0 Å².